The molecule has 2 aromatic carbocycles. The summed E-state index contributed by atoms with van der Waals surface area (Å²) in [6.45, 7) is 5.74. The fourth-order valence-electron chi connectivity index (χ4n) is 3.28. The van der Waals surface area contributed by atoms with Crippen LogP contribution in [0.15, 0.2) is 80.9 Å². The highest BCUT2D eigenvalue weighted by Gasteiger charge is 2.16. The third-order valence-electron chi connectivity index (χ3n) is 4.99. The first-order chi connectivity index (χ1) is 15.6. The summed E-state index contributed by atoms with van der Waals surface area (Å²) in [5, 5.41) is 20.8. The van der Waals surface area contributed by atoms with Crippen LogP contribution in [0.1, 0.15) is 28.2 Å². The summed E-state index contributed by atoms with van der Waals surface area (Å²) in [6.07, 6.45) is 5.86. The van der Waals surface area contributed by atoms with Gasteiger partial charge >= 0.3 is 0 Å². The quantitative estimate of drug-likeness (QED) is 0.365. The lowest BCUT2D eigenvalue weighted by Crippen LogP contribution is -2.09. The highest BCUT2D eigenvalue weighted by atomic mass is 32.2. The Balaban J connectivity index is 2.36. The van der Waals surface area contributed by atoms with E-state index in [4.69, 9.17) is 5.41 Å². The van der Waals surface area contributed by atoms with Crippen molar-refractivity contribution < 1.29 is 0 Å². The topological polar surface area (TPSA) is 84.4 Å². The molecule has 0 aromatic heterocycles. The van der Waals surface area contributed by atoms with Crippen LogP contribution >= 0.6 is 11.8 Å². The van der Waals surface area contributed by atoms with E-state index in [2.05, 4.69) is 47.1 Å². The molecule has 0 aliphatic rings. The monoisotopic (exact) mass is 443 g/mol. The van der Waals surface area contributed by atoms with Crippen LogP contribution in [0.4, 0.5) is 0 Å². The third-order valence-corrected chi connectivity index (χ3v) is 6.21. The number of hydrogen-bond donors (Lipinski definition) is 2. The van der Waals surface area contributed by atoms with Gasteiger partial charge in [0.1, 0.15) is 5.82 Å². The van der Waals surface area contributed by atoms with Crippen LogP contribution in [0, 0.1) is 23.7 Å². The lowest BCUT2D eigenvalue weighted by atomic mass is 9.99. The van der Waals surface area contributed by atoms with E-state index < -0.39 is 0 Å². The first kappa shape index (κ1) is 24.8. The van der Waals surface area contributed by atoms with E-state index >= 15 is 0 Å². The van der Waals surface area contributed by atoms with E-state index in [1.54, 1.807) is 14.1 Å². The summed E-state index contributed by atoms with van der Waals surface area (Å²) < 4.78 is 0. The van der Waals surface area contributed by atoms with Gasteiger partial charge in [0.15, 0.2) is 0 Å². The Labute approximate surface area is 195 Å². The molecule has 1 unspecified atom stereocenters. The smallest absolute Gasteiger partial charge is 0.139 e. The highest BCUT2D eigenvalue weighted by Crippen LogP contribution is 2.31. The molecule has 2 N–H and O–H groups in total. The maximum absolute atomic E-state index is 9.70. The second kappa shape index (κ2) is 13.1. The van der Waals surface area contributed by atoms with Gasteiger partial charge in [0.2, 0.25) is 0 Å². The SMILES string of the molecule is C=N/C(NC)=C(SCC(C#N)c1ccccc1)/C(C=N)=C/Cc1cccc(C)c1/C=N\C. The Kier molecular flexibility index (Phi) is 10.2. The first-order valence-electron chi connectivity index (χ1n) is 10.3. The van der Waals surface area contributed by atoms with E-state index in [9.17, 15) is 5.26 Å². The second-order valence-corrected chi connectivity index (χ2v) is 8.06. The average molecular weight is 444 g/mol. The van der Waals surface area contributed by atoms with E-state index in [1.165, 1.54) is 18.0 Å². The van der Waals surface area contributed by atoms with Gasteiger partial charge in [-0.05, 0) is 42.3 Å². The molecule has 0 saturated heterocycles. The Morgan fingerprint density at radius 2 is 2.00 bits per heavy atom. The van der Waals surface area contributed by atoms with Crippen LogP contribution in [0.3, 0.4) is 0 Å². The number of aryl methyl sites for hydroxylation is 1. The number of nitrogens with one attached hydrogen (secondary N) is 2. The number of aliphatic imine (C=N–C) groups is 2. The minimum Gasteiger partial charge on any atom is -0.372 e. The van der Waals surface area contributed by atoms with Crippen LogP contribution in [-0.2, 0) is 6.42 Å². The summed E-state index contributed by atoms with van der Waals surface area (Å²) in [6, 6.07) is 18.3. The lowest BCUT2D eigenvalue weighted by molar-refractivity contribution is 0.961. The second-order valence-electron chi connectivity index (χ2n) is 7.03. The zero-order chi connectivity index (χ0) is 23.3. The zero-order valence-electron chi connectivity index (χ0n) is 18.8. The number of rotatable bonds is 11. The normalized spacial score (nSPS) is 13.2. The van der Waals surface area contributed by atoms with Crippen molar-refractivity contribution >= 4 is 30.9 Å². The number of hydrogen-bond acceptors (Lipinski definition) is 6. The first-order valence-corrected chi connectivity index (χ1v) is 11.3. The number of thioether (sulfide) groups is 1. The van der Waals surface area contributed by atoms with E-state index in [0.29, 0.717) is 18.0 Å². The van der Waals surface area contributed by atoms with Gasteiger partial charge in [-0.25, -0.2) is 4.99 Å². The number of benzene rings is 2. The van der Waals surface area contributed by atoms with Gasteiger partial charge < -0.3 is 10.7 Å². The Hall–Kier alpha value is -3.43. The predicted molar refractivity (Wildman–Crippen MR) is 138 cm³/mol. The molecule has 0 bridgehead atoms. The molecule has 32 heavy (non-hydrogen) atoms. The van der Waals surface area contributed by atoms with Crippen LogP contribution in [0.25, 0.3) is 0 Å². The van der Waals surface area contributed by atoms with Gasteiger partial charge in [0.05, 0.1) is 16.9 Å². The number of nitriles is 1. The zero-order valence-corrected chi connectivity index (χ0v) is 19.6. The van der Waals surface area contributed by atoms with Gasteiger partial charge in [-0.2, -0.15) is 5.26 Å². The molecule has 1 atom stereocenters. The van der Waals surface area contributed by atoms with Gasteiger partial charge in [0.25, 0.3) is 0 Å². The Morgan fingerprint density at radius 1 is 1.25 bits per heavy atom. The van der Waals surface area contributed by atoms with Crippen LogP contribution in [-0.4, -0.2) is 39.0 Å². The van der Waals surface area contributed by atoms with Gasteiger partial charge in [-0.1, -0.05) is 54.6 Å². The molecule has 164 valence electrons. The highest BCUT2D eigenvalue weighted by molar-refractivity contribution is 8.03. The fourth-order valence-corrected chi connectivity index (χ4v) is 4.50. The van der Waals surface area contributed by atoms with Crippen molar-refractivity contribution in [2.45, 2.75) is 19.3 Å². The standard InChI is InChI=1S/C26H29N5S/c1-19-9-8-12-21(24(19)17-29-2)13-14-22(15-27)25(26(30-3)31-4)32-18-23(16-28)20-10-6-5-7-11-20/h5-12,14-15,17,23,27,31H,3,13,18H2,1-2,4H3/b22-14+,26-25+,27-15?,29-17-. The average Bonchev–Trinajstić information content (AvgIpc) is 2.82. The molecule has 0 fully saturated rings. The Morgan fingerprint density at radius 3 is 2.59 bits per heavy atom. The largest absolute Gasteiger partial charge is 0.372 e. The molecule has 0 aliphatic carbocycles. The van der Waals surface area contributed by atoms with Crippen LogP contribution < -0.4 is 5.32 Å². The summed E-state index contributed by atoms with van der Waals surface area (Å²) in [7, 11) is 3.54. The summed E-state index contributed by atoms with van der Waals surface area (Å²) in [5.41, 5.74) is 5.10. The van der Waals surface area contributed by atoms with E-state index in [1.807, 2.05) is 48.7 Å². The summed E-state index contributed by atoms with van der Waals surface area (Å²) >= 11 is 1.51. The minimum absolute atomic E-state index is 0.268. The molecule has 6 heteroatoms. The third kappa shape index (κ3) is 6.53. The van der Waals surface area contributed by atoms with Crippen molar-refractivity contribution in [1.82, 2.24) is 5.32 Å². The van der Waals surface area contributed by atoms with Crippen LogP contribution in [0.5, 0.6) is 0 Å². The molecule has 0 radical (unpaired) electrons. The molecule has 0 heterocycles. The molecule has 2 rings (SSSR count). The molecular weight excluding hydrogens is 414 g/mol. The van der Waals surface area contributed by atoms with Gasteiger partial charge in [-0.3, -0.25) is 4.99 Å². The van der Waals surface area contributed by atoms with Gasteiger partial charge in [-0.15, -0.1) is 11.8 Å². The fraction of sp³-hybridized carbons (Fsp3) is 0.231. The van der Waals surface area contributed by atoms with Crippen molar-refractivity contribution in [2.24, 2.45) is 9.98 Å². The minimum atomic E-state index is -0.268. The molecule has 2 aromatic rings. The van der Waals surface area contributed by atoms with Gasteiger partial charge in [0, 0.05) is 37.9 Å². The molecule has 5 nitrogen and oxygen atoms in total. The Bertz CT molecular complexity index is 1060. The maximum Gasteiger partial charge on any atom is 0.139 e. The van der Waals surface area contributed by atoms with Crippen molar-refractivity contribution in [1.29, 1.82) is 10.7 Å². The van der Waals surface area contributed by atoms with Crippen molar-refractivity contribution in [3.63, 3.8) is 0 Å². The predicted octanol–water partition coefficient (Wildman–Crippen LogP) is 5.29. The van der Waals surface area contributed by atoms with E-state index in [0.717, 1.165) is 32.7 Å². The maximum atomic E-state index is 9.70. The molecule has 0 aliphatic heterocycles. The summed E-state index contributed by atoms with van der Waals surface area (Å²) in [4.78, 5) is 9.10. The van der Waals surface area contributed by atoms with Crippen molar-refractivity contribution in [2.75, 3.05) is 19.8 Å². The van der Waals surface area contributed by atoms with E-state index in [-0.39, 0.29) is 5.92 Å². The summed E-state index contributed by atoms with van der Waals surface area (Å²) in [5.74, 6) is 0.865. The number of allylic oxidation sites excluding steroid dienone is 2. The molecule has 0 amide bonds. The lowest BCUT2D eigenvalue weighted by Gasteiger charge is -2.15. The molecule has 0 spiro atoms. The van der Waals surface area contributed by atoms with Crippen LogP contribution in [0.2, 0.25) is 0 Å². The molecule has 0 saturated carbocycles. The number of nitrogens with zero attached hydrogens (tertiary/aromatic N) is 3. The molecular formula is C26H29N5S. The van der Waals surface area contributed by atoms with Crippen molar-refractivity contribution in [3.8, 4) is 6.07 Å². The van der Waals surface area contributed by atoms with Crippen molar-refractivity contribution in [3.05, 3.63) is 93.2 Å².